The van der Waals surface area contributed by atoms with E-state index in [9.17, 15) is 9.90 Å². The van der Waals surface area contributed by atoms with E-state index in [1.807, 2.05) is 11.8 Å². The molecule has 0 bridgehead atoms. The number of hydrogen-bond donors (Lipinski definition) is 2. The lowest BCUT2D eigenvalue weighted by atomic mass is 9.82. The van der Waals surface area contributed by atoms with Crippen LogP contribution >= 0.6 is 0 Å². The Morgan fingerprint density at radius 1 is 1.77 bits per heavy atom. The summed E-state index contributed by atoms with van der Waals surface area (Å²) in [6.07, 6.45) is 0. The first-order valence-corrected chi connectivity index (χ1v) is 4.59. The Labute approximate surface area is 78.7 Å². The second-order valence-electron chi connectivity index (χ2n) is 4.35. The summed E-state index contributed by atoms with van der Waals surface area (Å²) in [5, 5.41) is 9.20. The maximum atomic E-state index is 10.7. The fourth-order valence-electron chi connectivity index (χ4n) is 1.89. The number of aliphatic hydroxyl groups is 1. The molecule has 0 radical (unpaired) electrons. The highest BCUT2D eigenvalue weighted by Crippen LogP contribution is 2.34. The predicted octanol–water partition coefficient (Wildman–Crippen LogP) is -0.578. The molecule has 4 heteroatoms. The second kappa shape index (κ2) is 3.64. The van der Waals surface area contributed by atoms with Gasteiger partial charge < -0.3 is 10.8 Å². The van der Waals surface area contributed by atoms with Crippen molar-refractivity contribution in [1.82, 2.24) is 4.90 Å². The van der Waals surface area contributed by atoms with Gasteiger partial charge >= 0.3 is 0 Å². The van der Waals surface area contributed by atoms with E-state index in [2.05, 4.69) is 6.92 Å². The van der Waals surface area contributed by atoms with Gasteiger partial charge in [0.2, 0.25) is 5.91 Å². The number of carbonyl (C=O) groups excluding carboxylic acids is 1. The highest BCUT2D eigenvalue weighted by atomic mass is 16.3. The van der Waals surface area contributed by atoms with Crippen LogP contribution in [0.25, 0.3) is 0 Å². The van der Waals surface area contributed by atoms with Crippen LogP contribution in [-0.2, 0) is 4.79 Å². The summed E-state index contributed by atoms with van der Waals surface area (Å²) in [4.78, 5) is 12.7. The van der Waals surface area contributed by atoms with Crippen LogP contribution in [0, 0.1) is 11.3 Å². The number of carbonyl (C=O) groups is 1. The van der Waals surface area contributed by atoms with Gasteiger partial charge in [0.25, 0.3) is 0 Å². The van der Waals surface area contributed by atoms with Crippen molar-refractivity contribution in [3.05, 3.63) is 0 Å². The molecule has 13 heavy (non-hydrogen) atoms. The molecule has 1 aliphatic rings. The summed E-state index contributed by atoms with van der Waals surface area (Å²) >= 11 is 0. The van der Waals surface area contributed by atoms with E-state index in [1.54, 1.807) is 0 Å². The third kappa shape index (κ3) is 2.19. The van der Waals surface area contributed by atoms with Crippen molar-refractivity contribution in [2.24, 2.45) is 17.1 Å². The second-order valence-corrected chi connectivity index (χ2v) is 4.35. The van der Waals surface area contributed by atoms with Crippen LogP contribution in [0.5, 0.6) is 0 Å². The van der Waals surface area contributed by atoms with Crippen LogP contribution < -0.4 is 5.73 Å². The van der Waals surface area contributed by atoms with Gasteiger partial charge in [0, 0.05) is 25.1 Å². The van der Waals surface area contributed by atoms with Crippen LogP contribution in [-0.4, -0.2) is 42.2 Å². The summed E-state index contributed by atoms with van der Waals surface area (Å²) in [6.45, 7) is 6.22. The van der Waals surface area contributed by atoms with Gasteiger partial charge in [-0.05, 0) is 5.92 Å². The number of nitrogens with two attached hydrogens (primary N) is 1. The molecule has 0 aromatic carbocycles. The lowest BCUT2D eigenvalue weighted by Gasteiger charge is -2.25. The molecule has 2 atom stereocenters. The molecule has 0 saturated carbocycles. The standard InChI is InChI=1S/C9H18N2O2/c1-7-3-11(4-8(10)13)5-9(7,2)6-12/h7,12H,3-6H2,1-2H3,(H2,10,13). The van der Waals surface area contributed by atoms with E-state index in [0.29, 0.717) is 12.5 Å². The minimum Gasteiger partial charge on any atom is -0.396 e. The molecule has 0 aromatic rings. The van der Waals surface area contributed by atoms with Crippen LogP contribution in [0.2, 0.25) is 0 Å². The first kappa shape index (κ1) is 10.5. The molecular weight excluding hydrogens is 168 g/mol. The molecule has 1 heterocycles. The summed E-state index contributed by atoms with van der Waals surface area (Å²) < 4.78 is 0. The molecule has 1 rings (SSSR count). The summed E-state index contributed by atoms with van der Waals surface area (Å²) in [5.74, 6) is 0.117. The van der Waals surface area contributed by atoms with Gasteiger partial charge in [-0.2, -0.15) is 0 Å². The first-order chi connectivity index (χ1) is 5.98. The Kier molecular flexibility index (Phi) is 2.93. The van der Waals surface area contributed by atoms with Gasteiger partial charge in [-0.15, -0.1) is 0 Å². The molecule has 1 fully saturated rings. The molecule has 4 nitrogen and oxygen atoms in total. The molecule has 76 valence electrons. The molecule has 1 amide bonds. The van der Waals surface area contributed by atoms with Gasteiger partial charge in [-0.1, -0.05) is 13.8 Å². The average Bonchev–Trinajstić information content (AvgIpc) is 2.27. The Bertz CT molecular complexity index is 208. The molecule has 0 spiro atoms. The molecule has 1 saturated heterocycles. The van der Waals surface area contributed by atoms with Crippen LogP contribution in [0.15, 0.2) is 0 Å². The maximum Gasteiger partial charge on any atom is 0.231 e. The molecule has 0 aromatic heterocycles. The molecule has 2 unspecified atom stereocenters. The Morgan fingerprint density at radius 3 is 2.77 bits per heavy atom. The summed E-state index contributed by atoms with van der Waals surface area (Å²) in [6, 6.07) is 0. The van der Waals surface area contributed by atoms with E-state index in [0.717, 1.165) is 13.1 Å². The summed E-state index contributed by atoms with van der Waals surface area (Å²) in [7, 11) is 0. The van der Waals surface area contributed by atoms with Crippen molar-refractivity contribution in [1.29, 1.82) is 0 Å². The van der Waals surface area contributed by atoms with Crippen LogP contribution in [0.4, 0.5) is 0 Å². The Balaban J connectivity index is 2.54. The molecule has 3 N–H and O–H groups in total. The zero-order valence-electron chi connectivity index (χ0n) is 8.29. The Morgan fingerprint density at radius 2 is 2.38 bits per heavy atom. The maximum absolute atomic E-state index is 10.7. The number of amides is 1. The van der Waals surface area contributed by atoms with Gasteiger partial charge in [0.1, 0.15) is 0 Å². The average molecular weight is 186 g/mol. The van der Waals surface area contributed by atoms with Gasteiger partial charge in [0.05, 0.1) is 6.54 Å². The minimum absolute atomic E-state index is 0.0740. The number of primary amides is 1. The third-order valence-corrected chi connectivity index (χ3v) is 3.05. The fourth-order valence-corrected chi connectivity index (χ4v) is 1.89. The van der Waals surface area contributed by atoms with Gasteiger partial charge in [0.15, 0.2) is 0 Å². The number of rotatable bonds is 3. The van der Waals surface area contributed by atoms with Gasteiger partial charge in [-0.3, -0.25) is 9.69 Å². The van der Waals surface area contributed by atoms with E-state index in [-0.39, 0.29) is 17.9 Å². The summed E-state index contributed by atoms with van der Waals surface area (Å²) in [5.41, 5.74) is 5.03. The quantitative estimate of drug-likeness (QED) is 0.620. The van der Waals surface area contributed by atoms with Crippen LogP contribution in [0.3, 0.4) is 0 Å². The van der Waals surface area contributed by atoms with Crippen molar-refractivity contribution in [2.45, 2.75) is 13.8 Å². The lowest BCUT2D eigenvalue weighted by Crippen LogP contribution is -2.34. The van der Waals surface area contributed by atoms with Gasteiger partial charge in [-0.25, -0.2) is 0 Å². The molecule has 1 aliphatic heterocycles. The largest absolute Gasteiger partial charge is 0.396 e. The fraction of sp³-hybridized carbons (Fsp3) is 0.889. The lowest BCUT2D eigenvalue weighted by molar-refractivity contribution is -0.119. The third-order valence-electron chi connectivity index (χ3n) is 3.05. The topological polar surface area (TPSA) is 66.6 Å². The highest BCUT2D eigenvalue weighted by molar-refractivity contribution is 5.75. The molecular formula is C9H18N2O2. The van der Waals surface area contributed by atoms with Crippen molar-refractivity contribution in [3.63, 3.8) is 0 Å². The zero-order valence-corrected chi connectivity index (χ0v) is 8.29. The van der Waals surface area contributed by atoms with Crippen LogP contribution in [0.1, 0.15) is 13.8 Å². The number of nitrogens with zero attached hydrogens (tertiary/aromatic N) is 1. The smallest absolute Gasteiger partial charge is 0.231 e. The van der Waals surface area contributed by atoms with Crippen molar-refractivity contribution < 1.29 is 9.90 Å². The van der Waals surface area contributed by atoms with Crippen molar-refractivity contribution >= 4 is 5.91 Å². The van der Waals surface area contributed by atoms with E-state index in [4.69, 9.17) is 5.73 Å². The van der Waals surface area contributed by atoms with Crippen molar-refractivity contribution in [2.75, 3.05) is 26.2 Å². The van der Waals surface area contributed by atoms with E-state index >= 15 is 0 Å². The first-order valence-electron chi connectivity index (χ1n) is 4.59. The number of likely N-dealkylation sites (tertiary alicyclic amines) is 1. The molecule has 0 aliphatic carbocycles. The predicted molar refractivity (Wildman–Crippen MR) is 50.0 cm³/mol. The highest BCUT2D eigenvalue weighted by Gasteiger charge is 2.39. The zero-order chi connectivity index (χ0) is 10.1. The van der Waals surface area contributed by atoms with Crippen molar-refractivity contribution in [3.8, 4) is 0 Å². The van der Waals surface area contributed by atoms with E-state index < -0.39 is 0 Å². The SMILES string of the molecule is CC1CN(CC(N)=O)CC1(C)CO. The minimum atomic E-state index is -0.297. The Hall–Kier alpha value is -0.610. The number of aliphatic hydroxyl groups excluding tert-OH is 1. The number of hydrogen-bond acceptors (Lipinski definition) is 3. The van der Waals surface area contributed by atoms with E-state index in [1.165, 1.54) is 0 Å². The monoisotopic (exact) mass is 186 g/mol. The normalized spacial score (nSPS) is 35.2.